The molecule has 0 aromatic heterocycles. The summed E-state index contributed by atoms with van der Waals surface area (Å²) in [5, 5.41) is 3.99. The highest BCUT2D eigenvalue weighted by Crippen LogP contribution is 2.21. The Morgan fingerprint density at radius 2 is 2.20 bits per heavy atom. The van der Waals surface area contributed by atoms with Gasteiger partial charge < -0.3 is 9.57 Å². The second-order valence-corrected chi connectivity index (χ2v) is 4.00. The quantitative estimate of drug-likeness (QED) is 0.695. The normalized spacial score (nSPS) is 16.7. The van der Waals surface area contributed by atoms with Crippen LogP contribution < -0.4 is 0 Å². The number of fused-ring (bicyclic) bond motifs is 1. The third-order valence-electron chi connectivity index (χ3n) is 2.20. The maximum absolute atomic E-state index is 5.45. The molecule has 1 aromatic carbocycles. The number of rotatable bonds is 2. The lowest BCUT2D eigenvalue weighted by Gasteiger charge is -2.03. The topological polar surface area (TPSA) is 30.8 Å². The number of hydrogen-bond acceptors (Lipinski definition) is 3. The Hall–Kier alpha value is -1.51. The molecule has 80 valence electrons. The molecule has 0 radical (unpaired) electrons. The van der Waals surface area contributed by atoms with Gasteiger partial charge in [0.25, 0.3) is 5.90 Å². The molecule has 0 saturated carbocycles. The van der Waals surface area contributed by atoms with Crippen LogP contribution in [-0.4, -0.2) is 12.0 Å². The van der Waals surface area contributed by atoms with Gasteiger partial charge in [-0.15, -0.1) is 0 Å². The Morgan fingerprint density at radius 1 is 1.40 bits per heavy atom. The zero-order valence-corrected chi connectivity index (χ0v) is 9.28. The zero-order chi connectivity index (χ0) is 10.8. The summed E-state index contributed by atoms with van der Waals surface area (Å²) in [6.45, 7) is 6.54. The molecule has 1 heterocycles. The SMILES string of the molecule is Cc1ccc2c(c1)CO/C2=N\OC(C)C. The average molecular weight is 205 g/mol. The van der Waals surface area contributed by atoms with Crippen LogP contribution >= 0.6 is 0 Å². The van der Waals surface area contributed by atoms with E-state index in [0.717, 1.165) is 5.56 Å². The lowest BCUT2D eigenvalue weighted by Crippen LogP contribution is -2.03. The van der Waals surface area contributed by atoms with Crippen molar-refractivity contribution in [2.75, 3.05) is 0 Å². The van der Waals surface area contributed by atoms with Crippen molar-refractivity contribution in [2.45, 2.75) is 33.5 Å². The summed E-state index contributed by atoms with van der Waals surface area (Å²) in [5.74, 6) is 0.596. The molecule has 1 aliphatic heterocycles. The van der Waals surface area contributed by atoms with Gasteiger partial charge in [-0.2, -0.15) is 0 Å². The summed E-state index contributed by atoms with van der Waals surface area (Å²) in [5.41, 5.74) is 3.46. The predicted molar refractivity (Wildman–Crippen MR) is 58.7 cm³/mol. The van der Waals surface area contributed by atoms with E-state index >= 15 is 0 Å². The van der Waals surface area contributed by atoms with Crippen molar-refractivity contribution < 1.29 is 9.57 Å². The summed E-state index contributed by atoms with van der Waals surface area (Å²) in [6.07, 6.45) is 0.0793. The van der Waals surface area contributed by atoms with E-state index in [0.29, 0.717) is 12.5 Å². The molecule has 2 rings (SSSR count). The first-order valence-electron chi connectivity index (χ1n) is 5.13. The highest BCUT2D eigenvalue weighted by molar-refractivity contribution is 5.97. The van der Waals surface area contributed by atoms with Crippen molar-refractivity contribution in [1.29, 1.82) is 0 Å². The van der Waals surface area contributed by atoms with Gasteiger partial charge in [-0.3, -0.25) is 0 Å². The van der Waals surface area contributed by atoms with Crippen molar-refractivity contribution >= 4 is 5.90 Å². The van der Waals surface area contributed by atoms with Crippen LogP contribution in [0, 0.1) is 6.92 Å². The van der Waals surface area contributed by atoms with Crippen LogP contribution in [0.4, 0.5) is 0 Å². The Bertz CT molecular complexity index is 397. The monoisotopic (exact) mass is 205 g/mol. The second kappa shape index (κ2) is 3.93. The van der Waals surface area contributed by atoms with Gasteiger partial charge in [0, 0.05) is 11.1 Å². The standard InChI is InChI=1S/C12H15NO2/c1-8(2)15-13-12-11-5-4-9(3)6-10(11)7-14-12/h4-6,8H,7H2,1-3H3/b13-12-. The maximum atomic E-state index is 5.45. The Labute approximate surface area is 89.7 Å². The first-order valence-corrected chi connectivity index (χ1v) is 5.13. The van der Waals surface area contributed by atoms with Gasteiger partial charge in [0.05, 0.1) is 0 Å². The van der Waals surface area contributed by atoms with Crippen LogP contribution in [0.3, 0.4) is 0 Å². The Balaban J connectivity index is 2.25. The molecule has 0 spiro atoms. The molecule has 15 heavy (non-hydrogen) atoms. The highest BCUT2D eigenvalue weighted by atomic mass is 16.7. The summed E-state index contributed by atoms with van der Waals surface area (Å²) in [6, 6.07) is 6.20. The average Bonchev–Trinajstić information content (AvgIpc) is 2.57. The summed E-state index contributed by atoms with van der Waals surface area (Å²) >= 11 is 0. The van der Waals surface area contributed by atoms with Gasteiger partial charge in [-0.1, -0.05) is 17.7 Å². The number of benzene rings is 1. The molecule has 1 aliphatic rings. The van der Waals surface area contributed by atoms with Crippen molar-refractivity contribution in [3.63, 3.8) is 0 Å². The van der Waals surface area contributed by atoms with Crippen molar-refractivity contribution in [3.8, 4) is 0 Å². The number of oxime groups is 1. The number of nitrogens with zero attached hydrogens (tertiary/aromatic N) is 1. The molecule has 3 heteroatoms. The highest BCUT2D eigenvalue weighted by Gasteiger charge is 2.19. The van der Waals surface area contributed by atoms with E-state index in [2.05, 4.69) is 24.2 Å². The van der Waals surface area contributed by atoms with Crippen LogP contribution in [-0.2, 0) is 16.2 Å². The van der Waals surface area contributed by atoms with E-state index < -0.39 is 0 Å². The molecule has 0 aliphatic carbocycles. The minimum Gasteiger partial charge on any atom is -0.470 e. The van der Waals surface area contributed by atoms with Gasteiger partial charge in [0.2, 0.25) is 0 Å². The first-order chi connectivity index (χ1) is 7.16. The molecule has 0 N–H and O–H groups in total. The van der Waals surface area contributed by atoms with Crippen molar-refractivity contribution in [3.05, 3.63) is 34.9 Å². The summed E-state index contributed by atoms with van der Waals surface area (Å²) < 4.78 is 5.45. The van der Waals surface area contributed by atoms with Crippen molar-refractivity contribution in [2.24, 2.45) is 5.16 Å². The van der Waals surface area contributed by atoms with E-state index in [9.17, 15) is 0 Å². The van der Waals surface area contributed by atoms with E-state index in [1.807, 2.05) is 19.9 Å². The van der Waals surface area contributed by atoms with Crippen LogP contribution in [0.1, 0.15) is 30.5 Å². The smallest absolute Gasteiger partial charge is 0.258 e. The van der Waals surface area contributed by atoms with Gasteiger partial charge in [0.15, 0.2) is 0 Å². The first kappa shape index (κ1) is 10.0. The molecule has 0 atom stereocenters. The minimum atomic E-state index is 0.0793. The van der Waals surface area contributed by atoms with Crippen LogP contribution in [0.2, 0.25) is 0 Å². The second-order valence-electron chi connectivity index (χ2n) is 4.00. The van der Waals surface area contributed by atoms with Crippen LogP contribution in [0.5, 0.6) is 0 Å². The predicted octanol–water partition coefficient (Wildman–Crippen LogP) is 2.61. The van der Waals surface area contributed by atoms with E-state index in [4.69, 9.17) is 9.57 Å². The lowest BCUT2D eigenvalue weighted by molar-refractivity contribution is 0.0788. The fraction of sp³-hybridized carbons (Fsp3) is 0.417. The fourth-order valence-corrected chi connectivity index (χ4v) is 1.50. The molecule has 0 unspecified atom stereocenters. The lowest BCUT2D eigenvalue weighted by atomic mass is 10.1. The molecule has 0 fully saturated rings. The Kier molecular flexibility index (Phi) is 2.62. The fourth-order valence-electron chi connectivity index (χ4n) is 1.50. The van der Waals surface area contributed by atoms with Crippen LogP contribution in [0.15, 0.2) is 23.4 Å². The molecule has 3 nitrogen and oxygen atoms in total. The van der Waals surface area contributed by atoms with Crippen LogP contribution in [0.25, 0.3) is 0 Å². The summed E-state index contributed by atoms with van der Waals surface area (Å²) in [4.78, 5) is 5.18. The van der Waals surface area contributed by atoms with Gasteiger partial charge in [-0.05, 0) is 32.0 Å². The molecule has 0 amide bonds. The number of aryl methyl sites for hydroxylation is 1. The number of ether oxygens (including phenoxy) is 1. The van der Waals surface area contributed by atoms with E-state index in [-0.39, 0.29) is 6.10 Å². The number of hydrogen-bond donors (Lipinski definition) is 0. The van der Waals surface area contributed by atoms with Gasteiger partial charge in [-0.25, -0.2) is 0 Å². The third kappa shape index (κ3) is 2.12. The van der Waals surface area contributed by atoms with E-state index in [1.54, 1.807) is 0 Å². The third-order valence-corrected chi connectivity index (χ3v) is 2.20. The van der Waals surface area contributed by atoms with Gasteiger partial charge >= 0.3 is 0 Å². The molecule has 0 bridgehead atoms. The zero-order valence-electron chi connectivity index (χ0n) is 9.28. The molecule has 1 aromatic rings. The minimum absolute atomic E-state index is 0.0793. The maximum Gasteiger partial charge on any atom is 0.258 e. The largest absolute Gasteiger partial charge is 0.470 e. The molecule has 0 saturated heterocycles. The van der Waals surface area contributed by atoms with Gasteiger partial charge in [0.1, 0.15) is 12.7 Å². The van der Waals surface area contributed by atoms with Crippen molar-refractivity contribution in [1.82, 2.24) is 0 Å². The molecular formula is C12H15NO2. The van der Waals surface area contributed by atoms with E-state index in [1.165, 1.54) is 11.1 Å². The molecular weight excluding hydrogens is 190 g/mol. The Morgan fingerprint density at radius 3 is 2.93 bits per heavy atom. The summed E-state index contributed by atoms with van der Waals surface area (Å²) in [7, 11) is 0.